The maximum Gasteiger partial charge on any atom is 0.0646 e. The number of benzene rings is 1. The molecule has 1 aromatic heterocycles. The molecule has 0 aliphatic carbocycles. The Kier molecular flexibility index (Phi) is 4.99. The van der Waals surface area contributed by atoms with Gasteiger partial charge in [0.15, 0.2) is 0 Å². The predicted molar refractivity (Wildman–Crippen MR) is 76.5 cm³/mol. The van der Waals surface area contributed by atoms with Gasteiger partial charge in [-0.1, -0.05) is 34.1 Å². The quantitative estimate of drug-likeness (QED) is 0.878. The maximum absolute atomic E-state index is 6.17. The fourth-order valence-electron chi connectivity index (χ4n) is 1.44. The molecule has 1 nitrogen and oxygen atoms in total. The van der Waals surface area contributed by atoms with Crippen molar-refractivity contribution in [2.75, 3.05) is 0 Å². The third-order valence-electron chi connectivity index (χ3n) is 2.40. The van der Waals surface area contributed by atoms with Crippen molar-refractivity contribution < 1.29 is 0 Å². The third-order valence-corrected chi connectivity index (χ3v) is 4.21. The maximum atomic E-state index is 6.17. The number of halogens is 2. The van der Waals surface area contributed by atoms with E-state index in [0.717, 1.165) is 10.0 Å². The van der Waals surface area contributed by atoms with Gasteiger partial charge in [0.25, 0.3) is 0 Å². The monoisotopic (exact) mass is 317 g/mol. The predicted octanol–water partition coefficient (Wildman–Crippen LogP) is 4.29. The van der Waals surface area contributed by atoms with E-state index in [1.165, 1.54) is 10.4 Å². The van der Waals surface area contributed by atoms with Crippen molar-refractivity contribution in [2.24, 2.45) is 5.73 Å². The second-order valence-corrected chi connectivity index (χ2v) is 5.34. The summed E-state index contributed by atoms with van der Waals surface area (Å²) in [7, 11) is 0. The molecule has 0 unspecified atom stereocenters. The first-order valence-corrected chi connectivity index (χ1v) is 6.41. The van der Waals surface area contributed by atoms with Crippen molar-refractivity contribution >= 4 is 39.7 Å². The summed E-state index contributed by atoms with van der Waals surface area (Å²) >= 11 is 5.22. The van der Waals surface area contributed by atoms with Crippen LogP contribution in [0.5, 0.6) is 0 Å². The van der Waals surface area contributed by atoms with Gasteiger partial charge in [-0.2, -0.15) is 0 Å². The fourth-order valence-corrected chi connectivity index (χ4v) is 2.59. The van der Waals surface area contributed by atoms with E-state index < -0.39 is 0 Å². The molecule has 0 amide bonds. The number of hydrogen-bond acceptors (Lipinski definition) is 2. The lowest BCUT2D eigenvalue weighted by atomic mass is 10.0. The zero-order chi connectivity index (χ0) is 10.8. The van der Waals surface area contributed by atoms with E-state index in [2.05, 4.69) is 52.5 Å². The van der Waals surface area contributed by atoms with Crippen molar-refractivity contribution in [3.8, 4) is 0 Å². The highest BCUT2D eigenvalue weighted by Gasteiger charge is 2.10. The number of rotatable bonds is 2. The first-order valence-electron chi connectivity index (χ1n) is 4.73. The number of aryl methyl sites for hydroxylation is 1. The lowest BCUT2D eigenvalue weighted by molar-refractivity contribution is 0.891. The summed E-state index contributed by atoms with van der Waals surface area (Å²) in [5.41, 5.74) is 8.55. The molecule has 1 atom stereocenters. The molecule has 2 rings (SSSR count). The van der Waals surface area contributed by atoms with E-state index in [9.17, 15) is 0 Å². The van der Waals surface area contributed by atoms with Gasteiger partial charge in [-0.3, -0.25) is 0 Å². The summed E-state index contributed by atoms with van der Waals surface area (Å²) in [6.45, 7) is 2.07. The lowest BCUT2D eigenvalue weighted by Gasteiger charge is -2.11. The molecular formula is C12H13BrClNS. The number of nitrogens with two attached hydrogens (primary N) is 1. The molecule has 0 aliphatic heterocycles. The van der Waals surface area contributed by atoms with Crippen LogP contribution in [-0.4, -0.2) is 0 Å². The van der Waals surface area contributed by atoms with Gasteiger partial charge in [0, 0.05) is 9.35 Å². The molecule has 1 aromatic carbocycles. The van der Waals surface area contributed by atoms with E-state index in [1.807, 2.05) is 6.07 Å². The largest absolute Gasteiger partial charge is 0.320 e. The minimum atomic E-state index is -0.0121. The van der Waals surface area contributed by atoms with E-state index in [0.29, 0.717) is 0 Å². The highest BCUT2D eigenvalue weighted by atomic mass is 79.9. The first-order chi connectivity index (χ1) is 7.18. The van der Waals surface area contributed by atoms with Gasteiger partial charge in [-0.15, -0.1) is 23.7 Å². The first kappa shape index (κ1) is 13.7. The number of hydrogen-bond donors (Lipinski definition) is 1. The third kappa shape index (κ3) is 2.86. The highest BCUT2D eigenvalue weighted by molar-refractivity contribution is 9.10. The molecule has 4 heteroatoms. The molecule has 1 heterocycles. The van der Waals surface area contributed by atoms with Gasteiger partial charge in [-0.25, -0.2) is 0 Å². The zero-order valence-corrected chi connectivity index (χ0v) is 12.0. The molecule has 0 saturated heterocycles. The van der Waals surface area contributed by atoms with Crippen LogP contribution in [0.2, 0.25) is 0 Å². The van der Waals surface area contributed by atoms with Crippen LogP contribution >= 0.6 is 39.7 Å². The minimum Gasteiger partial charge on any atom is -0.320 e. The van der Waals surface area contributed by atoms with Crippen molar-refractivity contribution in [3.63, 3.8) is 0 Å². The van der Waals surface area contributed by atoms with Crippen molar-refractivity contribution in [2.45, 2.75) is 13.0 Å². The summed E-state index contributed by atoms with van der Waals surface area (Å²) < 4.78 is 1.12. The summed E-state index contributed by atoms with van der Waals surface area (Å²) in [5, 5.41) is 2.05. The normalized spacial score (nSPS) is 11.9. The summed E-state index contributed by atoms with van der Waals surface area (Å²) in [6.07, 6.45) is 0. The highest BCUT2D eigenvalue weighted by Crippen LogP contribution is 2.27. The van der Waals surface area contributed by atoms with Gasteiger partial charge in [0.05, 0.1) is 6.04 Å². The van der Waals surface area contributed by atoms with Gasteiger partial charge in [0.1, 0.15) is 0 Å². The van der Waals surface area contributed by atoms with Crippen LogP contribution in [0.3, 0.4) is 0 Å². The molecule has 16 heavy (non-hydrogen) atoms. The Morgan fingerprint density at radius 2 is 2.06 bits per heavy atom. The van der Waals surface area contributed by atoms with E-state index in [4.69, 9.17) is 5.73 Å². The summed E-state index contributed by atoms with van der Waals surface area (Å²) in [4.78, 5) is 1.20. The van der Waals surface area contributed by atoms with Crippen molar-refractivity contribution in [1.29, 1.82) is 0 Å². The van der Waals surface area contributed by atoms with E-state index >= 15 is 0 Å². The molecule has 0 saturated carbocycles. The SMILES string of the molecule is Cc1ccc([C@@H](N)c2cccs2)cc1Br.Cl. The average molecular weight is 319 g/mol. The van der Waals surface area contributed by atoms with Crippen molar-refractivity contribution in [3.05, 3.63) is 56.2 Å². The molecule has 0 aliphatic rings. The smallest absolute Gasteiger partial charge is 0.0646 e. The van der Waals surface area contributed by atoms with Crippen LogP contribution in [0.1, 0.15) is 22.0 Å². The van der Waals surface area contributed by atoms with Crippen LogP contribution in [0.25, 0.3) is 0 Å². The summed E-state index contributed by atoms with van der Waals surface area (Å²) in [6, 6.07) is 10.4. The van der Waals surface area contributed by atoms with Crippen LogP contribution in [0, 0.1) is 6.92 Å². The average Bonchev–Trinajstić information content (AvgIpc) is 2.74. The van der Waals surface area contributed by atoms with Gasteiger partial charge >= 0.3 is 0 Å². The molecule has 0 fully saturated rings. The second kappa shape index (κ2) is 5.82. The minimum absolute atomic E-state index is 0. The van der Waals surface area contributed by atoms with Crippen LogP contribution in [-0.2, 0) is 0 Å². The van der Waals surface area contributed by atoms with Gasteiger partial charge < -0.3 is 5.73 Å². The molecule has 2 aromatic rings. The Hall–Kier alpha value is -0.350. The Morgan fingerprint density at radius 1 is 1.31 bits per heavy atom. The van der Waals surface area contributed by atoms with Crippen molar-refractivity contribution in [1.82, 2.24) is 0 Å². The molecule has 0 spiro atoms. The van der Waals surface area contributed by atoms with Crippen LogP contribution in [0.15, 0.2) is 40.2 Å². The van der Waals surface area contributed by atoms with Gasteiger partial charge in [-0.05, 0) is 35.6 Å². The molecule has 86 valence electrons. The fraction of sp³-hybridized carbons (Fsp3) is 0.167. The Bertz CT molecular complexity index is 456. The summed E-state index contributed by atoms with van der Waals surface area (Å²) in [5.74, 6) is 0. The molecular weight excluding hydrogens is 306 g/mol. The second-order valence-electron chi connectivity index (χ2n) is 3.50. The Balaban J connectivity index is 0.00000128. The van der Waals surface area contributed by atoms with E-state index in [-0.39, 0.29) is 18.4 Å². The standard InChI is InChI=1S/C12H12BrNS.ClH/c1-8-4-5-9(7-10(8)13)12(14)11-3-2-6-15-11;/h2-7,12H,14H2,1H3;1H/t12-;/m1./s1. The number of thiophene rings is 1. The van der Waals surface area contributed by atoms with E-state index in [1.54, 1.807) is 11.3 Å². The molecule has 0 radical (unpaired) electrons. The topological polar surface area (TPSA) is 26.0 Å². The Labute approximate surface area is 114 Å². The lowest BCUT2D eigenvalue weighted by Crippen LogP contribution is -2.10. The van der Waals surface area contributed by atoms with Crippen LogP contribution in [0.4, 0.5) is 0 Å². The Morgan fingerprint density at radius 3 is 2.62 bits per heavy atom. The van der Waals surface area contributed by atoms with Crippen LogP contribution < -0.4 is 5.73 Å². The molecule has 0 bridgehead atoms. The zero-order valence-electron chi connectivity index (χ0n) is 8.81. The van der Waals surface area contributed by atoms with Gasteiger partial charge in [0.2, 0.25) is 0 Å². The molecule has 2 N–H and O–H groups in total.